The van der Waals surface area contributed by atoms with Crippen LogP contribution >= 0.6 is 0 Å². The summed E-state index contributed by atoms with van der Waals surface area (Å²) in [5.74, 6) is 0.749. The monoisotopic (exact) mass is 272 g/mol. The Labute approximate surface area is 120 Å². The lowest BCUT2D eigenvalue weighted by Crippen LogP contribution is -2.45. The van der Waals surface area contributed by atoms with Gasteiger partial charge in [-0.25, -0.2) is 0 Å². The highest BCUT2D eigenvalue weighted by Gasteiger charge is 2.30. The van der Waals surface area contributed by atoms with Gasteiger partial charge >= 0.3 is 0 Å². The molecule has 2 aromatic rings. The molecule has 0 bridgehead atoms. The molecule has 0 saturated carbocycles. The third kappa shape index (κ3) is 2.36. The molecule has 1 fully saturated rings. The predicted molar refractivity (Wildman–Crippen MR) is 82.6 cm³/mol. The number of nitrogens with zero attached hydrogens (tertiary/aromatic N) is 1. The molecule has 1 saturated heterocycles. The fourth-order valence-electron chi connectivity index (χ4n) is 3.45. The number of para-hydroxylation sites is 1. The van der Waals surface area contributed by atoms with E-state index in [1.165, 1.54) is 23.8 Å². The maximum Gasteiger partial charge on any atom is 0.134 e. The molecular formula is C17H24N2O. The Morgan fingerprint density at radius 1 is 1.30 bits per heavy atom. The van der Waals surface area contributed by atoms with E-state index in [-0.39, 0.29) is 6.04 Å². The number of nitrogens with two attached hydrogens (primary N) is 1. The molecule has 0 aliphatic carbocycles. The van der Waals surface area contributed by atoms with Gasteiger partial charge in [-0.05, 0) is 31.7 Å². The number of fused-ring (bicyclic) bond motifs is 1. The zero-order valence-electron chi connectivity index (χ0n) is 12.4. The second-order valence-electron chi connectivity index (χ2n) is 6.17. The molecule has 1 aromatic heterocycles. The van der Waals surface area contributed by atoms with Gasteiger partial charge in [-0.3, -0.25) is 4.90 Å². The number of benzene rings is 1. The zero-order chi connectivity index (χ0) is 14.1. The average molecular weight is 272 g/mol. The summed E-state index contributed by atoms with van der Waals surface area (Å²) in [5, 5.41) is 1.20. The molecule has 3 unspecified atom stereocenters. The summed E-state index contributed by atoms with van der Waals surface area (Å²) in [6.07, 6.45) is 4.47. The van der Waals surface area contributed by atoms with Crippen molar-refractivity contribution in [3.63, 3.8) is 0 Å². The van der Waals surface area contributed by atoms with Gasteiger partial charge in [0.05, 0.1) is 12.3 Å². The van der Waals surface area contributed by atoms with Crippen LogP contribution in [-0.2, 0) is 0 Å². The molecule has 108 valence electrons. The summed E-state index contributed by atoms with van der Waals surface area (Å²) in [4.78, 5) is 2.56. The molecule has 1 aliphatic rings. The highest BCUT2D eigenvalue weighted by Crippen LogP contribution is 2.34. The SMILES string of the molecule is CC1CCC(C)N(C(CN)c2coc3ccccc23)C1. The predicted octanol–water partition coefficient (Wildman–Crippen LogP) is 3.55. The highest BCUT2D eigenvalue weighted by atomic mass is 16.3. The first kappa shape index (κ1) is 13.7. The van der Waals surface area contributed by atoms with Crippen LogP contribution < -0.4 is 5.73 Å². The number of piperidine rings is 1. The summed E-state index contributed by atoms with van der Waals surface area (Å²) in [5.41, 5.74) is 8.31. The van der Waals surface area contributed by atoms with Crippen molar-refractivity contribution >= 4 is 11.0 Å². The van der Waals surface area contributed by atoms with Gasteiger partial charge in [0, 0.05) is 30.1 Å². The molecule has 3 atom stereocenters. The molecule has 1 aliphatic heterocycles. The minimum Gasteiger partial charge on any atom is -0.464 e. The van der Waals surface area contributed by atoms with E-state index in [4.69, 9.17) is 10.2 Å². The van der Waals surface area contributed by atoms with Gasteiger partial charge in [0.15, 0.2) is 0 Å². The van der Waals surface area contributed by atoms with E-state index >= 15 is 0 Å². The van der Waals surface area contributed by atoms with E-state index in [2.05, 4.69) is 30.9 Å². The summed E-state index contributed by atoms with van der Waals surface area (Å²) in [6, 6.07) is 9.09. The van der Waals surface area contributed by atoms with E-state index in [0.717, 1.165) is 18.0 Å². The van der Waals surface area contributed by atoms with E-state index in [1.807, 2.05) is 18.4 Å². The van der Waals surface area contributed by atoms with Crippen molar-refractivity contribution in [1.82, 2.24) is 4.90 Å². The Morgan fingerprint density at radius 2 is 2.10 bits per heavy atom. The van der Waals surface area contributed by atoms with Gasteiger partial charge in [-0.15, -0.1) is 0 Å². The minimum atomic E-state index is 0.261. The second kappa shape index (κ2) is 5.58. The Hall–Kier alpha value is -1.32. The molecular weight excluding hydrogens is 248 g/mol. The lowest BCUT2D eigenvalue weighted by molar-refractivity contribution is 0.0801. The smallest absolute Gasteiger partial charge is 0.134 e. The molecule has 3 nitrogen and oxygen atoms in total. The molecule has 2 N–H and O–H groups in total. The number of likely N-dealkylation sites (tertiary alicyclic amines) is 1. The maximum absolute atomic E-state index is 6.11. The van der Waals surface area contributed by atoms with Crippen molar-refractivity contribution in [3.8, 4) is 0 Å². The summed E-state index contributed by atoms with van der Waals surface area (Å²) < 4.78 is 5.70. The fraction of sp³-hybridized carbons (Fsp3) is 0.529. The van der Waals surface area contributed by atoms with E-state index in [1.54, 1.807) is 0 Å². The van der Waals surface area contributed by atoms with Crippen molar-refractivity contribution in [1.29, 1.82) is 0 Å². The topological polar surface area (TPSA) is 42.4 Å². The number of furan rings is 1. The van der Waals surface area contributed by atoms with Gasteiger partial charge in [-0.1, -0.05) is 25.1 Å². The zero-order valence-corrected chi connectivity index (χ0v) is 12.4. The Balaban J connectivity index is 1.96. The normalized spacial score (nSPS) is 25.9. The molecule has 0 amide bonds. The molecule has 0 spiro atoms. The number of hydrogen-bond acceptors (Lipinski definition) is 3. The van der Waals surface area contributed by atoms with Crippen LogP contribution in [0.1, 0.15) is 38.3 Å². The molecule has 1 aromatic carbocycles. The van der Waals surface area contributed by atoms with E-state index in [9.17, 15) is 0 Å². The van der Waals surface area contributed by atoms with Crippen LogP contribution in [0.3, 0.4) is 0 Å². The molecule has 3 heteroatoms. The van der Waals surface area contributed by atoms with Crippen LogP contribution in [0.15, 0.2) is 34.9 Å². The number of rotatable bonds is 3. The van der Waals surface area contributed by atoms with Crippen molar-refractivity contribution in [2.45, 2.75) is 38.8 Å². The average Bonchev–Trinajstić information content (AvgIpc) is 2.88. The van der Waals surface area contributed by atoms with Crippen LogP contribution in [0, 0.1) is 5.92 Å². The van der Waals surface area contributed by atoms with Crippen molar-refractivity contribution in [3.05, 3.63) is 36.1 Å². The number of hydrogen-bond donors (Lipinski definition) is 1. The van der Waals surface area contributed by atoms with Crippen molar-refractivity contribution in [2.24, 2.45) is 11.7 Å². The molecule has 0 radical (unpaired) electrons. The van der Waals surface area contributed by atoms with Gasteiger partial charge in [0.25, 0.3) is 0 Å². The van der Waals surface area contributed by atoms with Gasteiger partial charge < -0.3 is 10.2 Å². The first-order valence-electron chi connectivity index (χ1n) is 7.62. The summed E-state index contributed by atoms with van der Waals surface area (Å²) in [6.45, 7) is 6.42. The third-order valence-corrected chi connectivity index (χ3v) is 4.66. The summed E-state index contributed by atoms with van der Waals surface area (Å²) in [7, 11) is 0. The van der Waals surface area contributed by atoms with Gasteiger partial charge in [-0.2, -0.15) is 0 Å². The first-order chi connectivity index (χ1) is 9.70. The second-order valence-corrected chi connectivity index (χ2v) is 6.17. The Morgan fingerprint density at radius 3 is 2.90 bits per heavy atom. The van der Waals surface area contributed by atoms with Crippen molar-refractivity contribution < 1.29 is 4.42 Å². The Kier molecular flexibility index (Phi) is 3.81. The fourth-order valence-corrected chi connectivity index (χ4v) is 3.45. The quantitative estimate of drug-likeness (QED) is 0.929. The van der Waals surface area contributed by atoms with Gasteiger partial charge in [0.1, 0.15) is 5.58 Å². The van der Waals surface area contributed by atoms with E-state index in [0.29, 0.717) is 12.6 Å². The maximum atomic E-state index is 6.11. The van der Waals surface area contributed by atoms with Crippen LogP contribution in [0.2, 0.25) is 0 Å². The van der Waals surface area contributed by atoms with Crippen LogP contribution in [0.4, 0.5) is 0 Å². The molecule has 3 rings (SSSR count). The largest absolute Gasteiger partial charge is 0.464 e. The van der Waals surface area contributed by atoms with Crippen LogP contribution in [-0.4, -0.2) is 24.0 Å². The summed E-state index contributed by atoms with van der Waals surface area (Å²) >= 11 is 0. The Bertz CT molecular complexity index is 577. The standard InChI is InChI=1S/C17H24N2O/c1-12-7-8-13(2)19(10-12)16(9-18)15-11-20-17-6-4-3-5-14(15)17/h3-6,11-13,16H,7-10,18H2,1-2H3. The molecule has 2 heterocycles. The molecule has 20 heavy (non-hydrogen) atoms. The first-order valence-corrected chi connectivity index (χ1v) is 7.62. The van der Waals surface area contributed by atoms with Crippen LogP contribution in [0.25, 0.3) is 11.0 Å². The van der Waals surface area contributed by atoms with E-state index < -0.39 is 0 Å². The lowest BCUT2D eigenvalue weighted by Gasteiger charge is -2.41. The van der Waals surface area contributed by atoms with Gasteiger partial charge in [0.2, 0.25) is 0 Å². The highest BCUT2D eigenvalue weighted by molar-refractivity contribution is 5.81. The van der Waals surface area contributed by atoms with Crippen LogP contribution in [0.5, 0.6) is 0 Å². The van der Waals surface area contributed by atoms with Crippen molar-refractivity contribution in [2.75, 3.05) is 13.1 Å². The third-order valence-electron chi connectivity index (χ3n) is 4.66. The minimum absolute atomic E-state index is 0.261. The lowest BCUT2D eigenvalue weighted by atomic mass is 9.91.